The van der Waals surface area contributed by atoms with E-state index in [1.54, 1.807) is 0 Å². The standard InChI is InChI=1S/C13H22N2O2/c16-11-5-12(14-7-11)13(17)15-6-10-4-8-1-2-9(10)3-8/h8-12,14,16H,1-7H2,(H,15,17). The molecule has 17 heavy (non-hydrogen) atoms. The number of β-amino-alcohol motifs (C(OH)–C–C–N with tert-alkyl or cyclic N) is 1. The quantitative estimate of drug-likeness (QED) is 0.661. The van der Waals surface area contributed by atoms with Crippen molar-refractivity contribution in [2.24, 2.45) is 17.8 Å². The number of carbonyl (C=O) groups is 1. The highest BCUT2D eigenvalue weighted by Crippen LogP contribution is 2.47. The summed E-state index contributed by atoms with van der Waals surface area (Å²) in [4.78, 5) is 11.9. The number of rotatable bonds is 3. The molecular formula is C13H22N2O2. The van der Waals surface area contributed by atoms with E-state index < -0.39 is 0 Å². The van der Waals surface area contributed by atoms with E-state index in [9.17, 15) is 9.90 Å². The topological polar surface area (TPSA) is 61.4 Å². The van der Waals surface area contributed by atoms with Gasteiger partial charge in [0.2, 0.25) is 5.91 Å². The molecule has 5 unspecified atom stereocenters. The summed E-state index contributed by atoms with van der Waals surface area (Å²) in [6, 6.07) is -0.177. The number of aliphatic hydroxyl groups is 1. The maximum atomic E-state index is 11.9. The summed E-state index contributed by atoms with van der Waals surface area (Å²) in [5, 5.41) is 15.5. The Balaban J connectivity index is 1.43. The number of amides is 1. The van der Waals surface area contributed by atoms with Crippen LogP contribution >= 0.6 is 0 Å². The van der Waals surface area contributed by atoms with Crippen LogP contribution in [0.5, 0.6) is 0 Å². The van der Waals surface area contributed by atoms with Crippen molar-refractivity contribution >= 4 is 5.91 Å². The Hall–Kier alpha value is -0.610. The number of aliphatic hydroxyl groups excluding tert-OH is 1. The lowest BCUT2D eigenvalue weighted by Crippen LogP contribution is -2.42. The summed E-state index contributed by atoms with van der Waals surface area (Å²) in [6.45, 7) is 1.39. The first-order chi connectivity index (χ1) is 8.22. The zero-order valence-corrected chi connectivity index (χ0v) is 10.2. The Labute approximate surface area is 102 Å². The van der Waals surface area contributed by atoms with Crippen molar-refractivity contribution < 1.29 is 9.90 Å². The van der Waals surface area contributed by atoms with Crippen molar-refractivity contribution in [1.29, 1.82) is 0 Å². The summed E-state index contributed by atoms with van der Waals surface area (Å²) in [5.41, 5.74) is 0. The third-order valence-corrected chi connectivity index (χ3v) is 4.85. The normalized spacial score (nSPS) is 44.2. The molecule has 3 rings (SSSR count). The van der Waals surface area contributed by atoms with Gasteiger partial charge in [-0.1, -0.05) is 6.42 Å². The molecule has 1 aliphatic heterocycles. The third kappa shape index (κ3) is 2.33. The van der Waals surface area contributed by atoms with Gasteiger partial charge in [0.05, 0.1) is 12.1 Å². The largest absolute Gasteiger partial charge is 0.392 e. The Bertz CT molecular complexity index is 308. The van der Waals surface area contributed by atoms with Gasteiger partial charge < -0.3 is 15.7 Å². The Morgan fingerprint density at radius 3 is 2.76 bits per heavy atom. The van der Waals surface area contributed by atoms with Crippen LogP contribution < -0.4 is 10.6 Å². The van der Waals surface area contributed by atoms with Gasteiger partial charge in [-0.05, 0) is 43.4 Å². The van der Waals surface area contributed by atoms with Gasteiger partial charge in [0.15, 0.2) is 0 Å². The Kier molecular flexibility index (Phi) is 3.09. The number of carbonyl (C=O) groups excluding carboxylic acids is 1. The molecule has 1 amide bonds. The lowest BCUT2D eigenvalue weighted by molar-refractivity contribution is -0.123. The van der Waals surface area contributed by atoms with E-state index in [1.165, 1.54) is 25.7 Å². The van der Waals surface area contributed by atoms with Gasteiger partial charge in [0.1, 0.15) is 0 Å². The molecule has 0 radical (unpaired) electrons. The van der Waals surface area contributed by atoms with Crippen molar-refractivity contribution in [3.05, 3.63) is 0 Å². The molecule has 0 aromatic heterocycles. The summed E-state index contributed by atoms with van der Waals surface area (Å²) >= 11 is 0. The van der Waals surface area contributed by atoms with Crippen molar-refractivity contribution in [1.82, 2.24) is 10.6 Å². The first-order valence-electron chi connectivity index (χ1n) is 6.91. The van der Waals surface area contributed by atoms with E-state index in [-0.39, 0.29) is 18.1 Å². The molecule has 0 aromatic carbocycles. The second-order valence-corrected chi connectivity index (χ2v) is 6.03. The van der Waals surface area contributed by atoms with Crippen LogP contribution in [0, 0.1) is 17.8 Å². The number of hydrogen-bond donors (Lipinski definition) is 3. The van der Waals surface area contributed by atoms with Crippen LogP contribution in [0.1, 0.15) is 32.1 Å². The van der Waals surface area contributed by atoms with Gasteiger partial charge >= 0.3 is 0 Å². The summed E-state index contributed by atoms with van der Waals surface area (Å²) < 4.78 is 0. The van der Waals surface area contributed by atoms with E-state index in [4.69, 9.17) is 0 Å². The molecule has 0 aromatic rings. The number of nitrogens with one attached hydrogen (secondary N) is 2. The number of fused-ring (bicyclic) bond motifs is 2. The monoisotopic (exact) mass is 238 g/mol. The Morgan fingerprint density at radius 1 is 1.29 bits per heavy atom. The smallest absolute Gasteiger partial charge is 0.237 e. The zero-order valence-electron chi connectivity index (χ0n) is 10.2. The van der Waals surface area contributed by atoms with E-state index >= 15 is 0 Å². The summed E-state index contributed by atoms with van der Waals surface area (Å²) in [7, 11) is 0. The molecule has 5 atom stereocenters. The third-order valence-electron chi connectivity index (χ3n) is 4.85. The first kappa shape index (κ1) is 11.5. The lowest BCUT2D eigenvalue weighted by atomic mass is 9.89. The Morgan fingerprint density at radius 2 is 2.18 bits per heavy atom. The predicted molar refractivity (Wildman–Crippen MR) is 64.4 cm³/mol. The lowest BCUT2D eigenvalue weighted by Gasteiger charge is -2.22. The molecule has 4 heteroatoms. The zero-order chi connectivity index (χ0) is 11.8. The van der Waals surface area contributed by atoms with Crippen molar-refractivity contribution in [3.8, 4) is 0 Å². The molecular weight excluding hydrogens is 216 g/mol. The molecule has 4 nitrogen and oxygen atoms in total. The van der Waals surface area contributed by atoms with Crippen LogP contribution in [0.25, 0.3) is 0 Å². The minimum Gasteiger partial charge on any atom is -0.392 e. The van der Waals surface area contributed by atoms with Gasteiger partial charge in [0, 0.05) is 13.1 Å². The molecule has 0 spiro atoms. The molecule has 1 saturated heterocycles. The van der Waals surface area contributed by atoms with E-state index in [0.29, 0.717) is 18.9 Å². The maximum absolute atomic E-state index is 11.9. The molecule has 96 valence electrons. The van der Waals surface area contributed by atoms with Crippen LogP contribution in [-0.4, -0.2) is 36.2 Å². The average molecular weight is 238 g/mol. The van der Waals surface area contributed by atoms with Crippen LogP contribution in [0.2, 0.25) is 0 Å². The highest BCUT2D eigenvalue weighted by atomic mass is 16.3. The van der Waals surface area contributed by atoms with Crippen LogP contribution in [0.4, 0.5) is 0 Å². The van der Waals surface area contributed by atoms with E-state index in [2.05, 4.69) is 10.6 Å². The maximum Gasteiger partial charge on any atom is 0.237 e. The van der Waals surface area contributed by atoms with Gasteiger partial charge in [-0.3, -0.25) is 4.79 Å². The molecule has 2 aliphatic carbocycles. The predicted octanol–water partition coefficient (Wildman–Crippen LogP) is 0.262. The van der Waals surface area contributed by atoms with Gasteiger partial charge in [0.25, 0.3) is 0 Å². The highest BCUT2D eigenvalue weighted by molar-refractivity contribution is 5.82. The van der Waals surface area contributed by atoms with Gasteiger partial charge in [-0.25, -0.2) is 0 Å². The van der Waals surface area contributed by atoms with Gasteiger partial charge in [-0.15, -0.1) is 0 Å². The second-order valence-electron chi connectivity index (χ2n) is 6.03. The fourth-order valence-corrected chi connectivity index (χ4v) is 3.90. The fourth-order valence-electron chi connectivity index (χ4n) is 3.90. The van der Waals surface area contributed by atoms with Gasteiger partial charge in [-0.2, -0.15) is 0 Å². The fraction of sp³-hybridized carbons (Fsp3) is 0.923. The second kappa shape index (κ2) is 4.58. The van der Waals surface area contributed by atoms with Crippen LogP contribution in [-0.2, 0) is 4.79 Å². The van der Waals surface area contributed by atoms with Crippen LogP contribution in [0.15, 0.2) is 0 Å². The molecule has 3 N–H and O–H groups in total. The van der Waals surface area contributed by atoms with Crippen molar-refractivity contribution in [2.75, 3.05) is 13.1 Å². The van der Waals surface area contributed by atoms with E-state index in [1.807, 2.05) is 0 Å². The number of hydrogen-bond acceptors (Lipinski definition) is 3. The van der Waals surface area contributed by atoms with Crippen molar-refractivity contribution in [3.63, 3.8) is 0 Å². The van der Waals surface area contributed by atoms with Crippen LogP contribution in [0.3, 0.4) is 0 Å². The minimum absolute atomic E-state index is 0.0734. The highest BCUT2D eigenvalue weighted by Gasteiger charge is 2.39. The average Bonchev–Trinajstić information content (AvgIpc) is 3.01. The van der Waals surface area contributed by atoms with E-state index in [0.717, 1.165) is 18.4 Å². The first-order valence-corrected chi connectivity index (χ1v) is 6.91. The molecule has 3 aliphatic rings. The molecule has 1 heterocycles. The molecule has 2 bridgehead atoms. The molecule has 3 fully saturated rings. The minimum atomic E-state index is -0.353. The SMILES string of the molecule is O=C(NCC1CC2CCC1C2)C1CC(O)CN1. The summed E-state index contributed by atoms with van der Waals surface area (Å²) in [5.74, 6) is 2.59. The summed E-state index contributed by atoms with van der Waals surface area (Å²) in [6.07, 6.45) is 5.68. The molecule has 2 saturated carbocycles. The van der Waals surface area contributed by atoms with Crippen molar-refractivity contribution in [2.45, 2.75) is 44.2 Å².